The Kier molecular flexibility index (Phi) is 5.28. The van der Waals surface area contributed by atoms with Gasteiger partial charge >= 0.3 is 0 Å². The van der Waals surface area contributed by atoms with Gasteiger partial charge in [0.1, 0.15) is 6.04 Å². The minimum Gasteiger partial charge on any atom is -0.337 e. The number of nitrogens with zero attached hydrogens (tertiary/aromatic N) is 3. The molecule has 1 aliphatic heterocycles. The number of hydrogen-bond donors (Lipinski definition) is 0. The third kappa shape index (κ3) is 3.46. The highest BCUT2D eigenvalue weighted by Crippen LogP contribution is 2.39. The zero-order valence-electron chi connectivity index (χ0n) is 18.1. The molecule has 1 atom stereocenters. The Labute approximate surface area is 178 Å². The molecule has 0 N–H and O–H groups in total. The normalized spacial score (nSPS) is 17.6. The van der Waals surface area contributed by atoms with Gasteiger partial charge in [-0.05, 0) is 69.7 Å². The van der Waals surface area contributed by atoms with Crippen LogP contribution in [0.5, 0.6) is 0 Å². The molecule has 0 unspecified atom stereocenters. The molecule has 1 fully saturated rings. The Morgan fingerprint density at radius 1 is 1.00 bits per heavy atom. The van der Waals surface area contributed by atoms with E-state index in [1.165, 1.54) is 4.31 Å². The van der Waals surface area contributed by atoms with Crippen LogP contribution in [-0.2, 0) is 10.0 Å². The van der Waals surface area contributed by atoms with Crippen LogP contribution < -0.4 is 0 Å². The molecular weight excluding hydrogens is 398 g/mol. The molecule has 30 heavy (non-hydrogen) atoms. The van der Waals surface area contributed by atoms with Gasteiger partial charge in [0.15, 0.2) is 0 Å². The Morgan fingerprint density at radius 3 is 2.27 bits per heavy atom. The minimum atomic E-state index is -3.70. The second kappa shape index (κ2) is 7.63. The summed E-state index contributed by atoms with van der Waals surface area (Å²) in [6.07, 6.45) is 1.42. The fraction of sp³-hybridized carbons (Fsp3) is 0.391. The Hall–Kier alpha value is -2.51. The molecule has 158 valence electrons. The summed E-state index contributed by atoms with van der Waals surface area (Å²) in [7, 11) is -3.70. The van der Waals surface area contributed by atoms with Gasteiger partial charge in [0, 0.05) is 12.1 Å². The fourth-order valence-corrected chi connectivity index (χ4v) is 6.38. The molecule has 1 saturated heterocycles. The monoisotopic (exact) mass is 425 g/mol. The van der Waals surface area contributed by atoms with Crippen LogP contribution in [-0.4, -0.2) is 29.4 Å². The van der Waals surface area contributed by atoms with Crippen molar-refractivity contribution in [3.05, 3.63) is 64.0 Å². The molecule has 0 saturated carbocycles. The lowest BCUT2D eigenvalue weighted by Crippen LogP contribution is -2.32. The molecule has 1 aromatic heterocycles. The van der Waals surface area contributed by atoms with E-state index < -0.39 is 16.1 Å². The van der Waals surface area contributed by atoms with Crippen LogP contribution in [0.3, 0.4) is 0 Å². The molecule has 0 aliphatic carbocycles. The summed E-state index contributed by atoms with van der Waals surface area (Å²) < 4.78 is 34.5. The number of aryl methyl sites for hydroxylation is 3. The molecule has 1 aliphatic rings. The van der Waals surface area contributed by atoms with Crippen molar-refractivity contribution < 1.29 is 12.9 Å². The van der Waals surface area contributed by atoms with Crippen LogP contribution in [0.2, 0.25) is 0 Å². The second-order valence-corrected chi connectivity index (χ2v) is 10.0. The maximum Gasteiger partial charge on any atom is 0.245 e. The number of aromatic nitrogens is 2. The third-order valence-corrected chi connectivity index (χ3v) is 8.29. The molecule has 0 spiro atoms. The van der Waals surface area contributed by atoms with Gasteiger partial charge in [0.05, 0.1) is 4.90 Å². The Morgan fingerprint density at radius 2 is 1.63 bits per heavy atom. The number of sulfonamides is 1. The van der Waals surface area contributed by atoms with E-state index in [-0.39, 0.29) is 0 Å². The van der Waals surface area contributed by atoms with Gasteiger partial charge < -0.3 is 4.52 Å². The van der Waals surface area contributed by atoms with Crippen LogP contribution in [0, 0.1) is 34.6 Å². The van der Waals surface area contributed by atoms with Crippen molar-refractivity contribution in [3.63, 3.8) is 0 Å². The smallest absolute Gasteiger partial charge is 0.245 e. The zero-order chi connectivity index (χ0) is 21.6. The van der Waals surface area contributed by atoms with Crippen LogP contribution in [0.1, 0.15) is 52.6 Å². The van der Waals surface area contributed by atoms with Gasteiger partial charge in [-0.2, -0.15) is 9.29 Å². The molecule has 0 amide bonds. The van der Waals surface area contributed by atoms with Crippen LogP contribution in [0.15, 0.2) is 39.8 Å². The summed E-state index contributed by atoms with van der Waals surface area (Å²) in [4.78, 5) is 4.95. The minimum absolute atomic E-state index is 0.353. The summed E-state index contributed by atoms with van der Waals surface area (Å²) in [5.41, 5.74) is 5.56. The van der Waals surface area contributed by atoms with E-state index in [2.05, 4.69) is 10.1 Å². The van der Waals surface area contributed by atoms with Crippen LogP contribution >= 0.6 is 0 Å². The maximum absolute atomic E-state index is 13.7. The van der Waals surface area contributed by atoms with E-state index in [4.69, 9.17) is 4.52 Å². The van der Waals surface area contributed by atoms with Gasteiger partial charge in [-0.15, -0.1) is 0 Å². The molecule has 6 nitrogen and oxygen atoms in total. The largest absolute Gasteiger partial charge is 0.337 e. The molecule has 0 bridgehead atoms. The van der Waals surface area contributed by atoms with E-state index in [1.54, 1.807) is 0 Å². The lowest BCUT2D eigenvalue weighted by atomic mass is 10.0. The second-order valence-electron chi connectivity index (χ2n) is 8.19. The maximum atomic E-state index is 13.7. The highest BCUT2D eigenvalue weighted by atomic mass is 32.2. The molecular formula is C23H27N3O3S. The summed E-state index contributed by atoms with van der Waals surface area (Å²) in [5, 5.41) is 4.11. The number of hydrogen-bond acceptors (Lipinski definition) is 5. The summed E-state index contributed by atoms with van der Waals surface area (Å²) >= 11 is 0. The number of benzene rings is 2. The average molecular weight is 426 g/mol. The Balaban J connectivity index is 1.72. The first-order valence-electron chi connectivity index (χ1n) is 10.2. The molecule has 7 heteroatoms. The molecule has 0 radical (unpaired) electrons. The van der Waals surface area contributed by atoms with E-state index in [1.807, 2.05) is 65.0 Å². The van der Waals surface area contributed by atoms with Crippen LogP contribution in [0.4, 0.5) is 0 Å². The first-order chi connectivity index (χ1) is 14.2. The molecule has 3 aromatic rings. The van der Waals surface area contributed by atoms with Crippen molar-refractivity contribution >= 4 is 10.0 Å². The van der Waals surface area contributed by atoms with Gasteiger partial charge in [0.25, 0.3) is 0 Å². The quantitative estimate of drug-likeness (QED) is 0.600. The van der Waals surface area contributed by atoms with Crippen molar-refractivity contribution in [1.82, 2.24) is 14.4 Å². The SMILES string of the molecule is Cc1ccc(-c2noc([C@@H]3CCCN3S(=O)(=O)c3c(C)c(C)cc(C)c3C)n2)cc1. The zero-order valence-corrected chi connectivity index (χ0v) is 18.9. The lowest BCUT2D eigenvalue weighted by molar-refractivity contribution is 0.290. The van der Waals surface area contributed by atoms with Crippen LogP contribution in [0.25, 0.3) is 11.4 Å². The molecule has 2 aromatic carbocycles. The fourth-order valence-electron chi connectivity index (χ4n) is 4.15. The van der Waals surface area contributed by atoms with E-state index in [0.29, 0.717) is 29.6 Å². The molecule has 2 heterocycles. The van der Waals surface area contributed by atoms with Gasteiger partial charge in [-0.1, -0.05) is 41.1 Å². The van der Waals surface area contributed by atoms with E-state index >= 15 is 0 Å². The average Bonchev–Trinajstić information content (AvgIpc) is 3.36. The lowest BCUT2D eigenvalue weighted by Gasteiger charge is -2.25. The van der Waals surface area contributed by atoms with Gasteiger partial charge in [-0.3, -0.25) is 0 Å². The predicted octanol–water partition coefficient (Wildman–Crippen LogP) is 4.80. The number of rotatable bonds is 4. The first-order valence-corrected chi connectivity index (χ1v) is 11.6. The third-order valence-electron chi connectivity index (χ3n) is 6.10. The topological polar surface area (TPSA) is 76.3 Å². The first kappa shape index (κ1) is 20.8. The van der Waals surface area contributed by atoms with Crippen molar-refractivity contribution in [2.24, 2.45) is 0 Å². The summed E-state index contributed by atoms with van der Waals surface area (Å²) in [6, 6.07) is 9.45. The highest BCUT2D eigenvalue weighted by Gasteiger charge is 2.41. The van der Waals surface area contributed by atoms with Gasteiger partial charge in [0.2, 0.25) is 21.7 Å². The van der Waals surface area contributed by atoms with Crippen molar-refractivity contribution in [2.75, 3.05) is 6.54 Å². The highest BCUT2D eigenvalue weighted by molar-refractivity contribution is 7.89. The van der Waals surface area contributed by atoms with Crippen molar-refractivity contribution in [2.45, 2.75) is 58.4 Å². The van der Waals surface area contributed by atoms with E-state index in [0.717, 1.165) is 39.8 Å². The molecule has 4 rings (SSSR count). The van der Waals surface area contributed by atoms with E-state index in [9.17, 15) is 8.42 Å². The standard InChI is InChI=1S/C23H27N3O3S/c1-14-8-10-19(11-9-14)22-24-23(29-25-22)20-7-6-12-26(20)30(27,28)21-17(4)15(2)13-16(3)18(21)5/h8-11,13,20H,6-7,12H2,1-5H3/t20-/m0/s1. The predicted molar refractivity (Wildman–Crippen MR) is 116 cm³/mol. The van der Waals surface area contributed by atoms with Crippen molar-refractivity contribution in [1.29, 1.82) is 0 Å². The van der Waals surface area contributed by atoms with Gasteiger partial charge in [-0.25, -0.2) is 8.42 Å². The summed E-state index contributed by atoms with van der Waals surface area (Å²) in [6.45, 7) is 10.1. The van der Waals surface area contributed by atoms with Crippen molar-refractivity contribution in [3.8, 4) is 11.4 Å². The Bertz CT molecular complexity index is 1170. The summed E-state index contributed by atoms with van der Waals surface area (Å²) in [5.74, 6) is 0.833.